The van der Waals surface area contributed by atoms with Crippen LogP contribution in [0.15, 0.2) is 34.7 Å². The summed E-state index contributed by atoms with van der Waals surface area (Å²) in [5, 5.41) is 0. The normalized spacial score (nSPS) is 10.6. The quantitative estimate of drug-likeness (QED) is 0.841. The van der Waals surface area contributed by atoms with Gasteiger partial charge in [0.2, 0.25) is 0 Å². The Hall–Kier alpha value is -1.94. The van der Waals surface area contributed by atoms with Gasteiger partial charge in [0.25, 0.3) is 0 Å². The van der Waals surface area contributed by atoms with Gasteiger partial charge in [-0.05, 0) is 43.7 Å². The Morgan fingerprint density at radius 2 is 1.75 bits per heavy atom. The lowest BCUT2D eigenvalue weighted by Crippen LogP contribution is -1.97. The first-order valence-corrected chi connectivity index (χ1v) is 6.87. The van der Waals surface area contributed by atoms with Crippen LogP contribution in [-0.4, -0.2) is 6.61 Å². The number of benzene rings is 1. The predicted molar refractivity (Wildman–Crippen MR) is 77.9 cm³/mol. The van der Waals surface area contributed by atoms with E-state index in [0.29, 0.717) is 13.2 Å². The van der Waals surface area contributed by atoms with Crippen LogP contribution < -0.4 is 15.2 Å². The van der Waals surface area contributed by atoms with Crippen molar-refractivity contribution in [3.63, 3.8) is 0 Å². The summed E-state index contributed by atoms with van der Waals surface area (Å²) in [6.45, 7) is 5.62. The molecule has 108 valence electrons. The number of aryl methyl sites for hydroxylation is 1. The Bertz CT molecular complexity index is 531. The predicted octanol–water partition coefficient (Wildman–Crippen LogP) is 3.41. The molecule has 20 heavy (non-hydrogen) atoms. The summed E-state index contributed by atoms with van der Waals surface area (Å²) in [5.74, 6) is 3.31. The molecule has 1 heterocycles. The zero-order valence-electron chi connectivity index (χ0n) is 12.0. The zero-order valence-corrected chi connectivity index (χ0v) is 12.0. The number of hydrogen-bond acceptors (Lipinski definition) is 4. The summed E-state index contributed by atoms with van der Waals surface area (Å²) in [7, 11) is 0. The maximum atomic E-state index is 5.73. The van der Waals surface area contributed by atoms with Crippen molar-refractivity contribution >= 4 is 0 Å². The van der Waals surface area contributed by atoms with E-state index in [1.165, 1.54) is 0 Å². The van der Waals surface area contributed by atoms with Gasteiger partial charge in [-0.25, -0.2) is 0 Å². The summed E-state index contributed by atoms with van der Waals surface area (Å²) in [6, 6.07) is 9.58. The molecule has 4 heteroatoms. The van der Waals surface area contributed by atoms with Crippen molar-refractivity contribution < 1.29 is 13.9 Å². The average Bonchev–Trinajstić information content (AvgIpc) is 2.84. The first-order chi connectivity index (χ1) is 9.72. The van der Waals surface area contributed by atoms with E-state index in [1.807, 2.05) is 37.3 Å². The van der Waals surface area contributed by atoms with Crippen molar-refractivity contribution in [2.75, 3.05) is 6.61 Å². The van der Waals surface area contributed by atoms with Crippen LogP contribution >= 0.6 is 0 Å². The van der Waals surface area contributed by atoms with Crippen LogP contribution in [0.1, 0.15) is 30.4 Å². The Labute approximate surface area is 119 Å². The summed E-state index contributed by atoms with van der Waals surface area (Å²) >= 11 is 0. The van der Waals surface area contributed by atoms with E-state index in [-0.39, 0.29) is 0 Å². The Balaban J connectivity index is 1.91. The highest BCUT2D eigenvalue weighted by Crippen LogP contribution is 2.20. The monoisotopic (exact) mass is 275 g/mol. The van der Waals surface area contributed by atoms with Gasteiger partial charge in [0, 0.05) is 5.56 Å². The third-order valence-electron chi connectivity index (χ3n) is 2.96. The zero-order chi connectivity index (χ0) is 14.4. The standard InChI is InChI=1S/C16H21NO3/c1-3-8-18-14-4-6-15(7-5-14)19-11-13-9-16(10-17)20-12(13)2/h4-7,9H,3,8,10-11,17H2,1-2H3. The fourth-order valence-electron chi connectivity index (χ4n) is 1.84. The lowest BCUT2D eigenvalue weighted by molar-refractivity contribution is 0.299. The van der Waals surface area contributed by atoms with Gasteiger partial charge in [-0.15, -0.1) is 0 Å². The van der Waals surface area contributed by atoms with E-state index in [0.717, 1.165) is 41.6 Å². The highest BCUT2D eigenvalue weighted by atomic mass is 16.5. The van der Waals surface area contributed by atoms with Crippen LogP contribution in [0.2, 0.25) is 0 Å². The summed E-state index contributed by atoms with van der Waals surface area (Å²) in [4.78, 5) is 0. The van der Waals surface area contributed by atoms with E-state index >= 15 is 0 Å². The first-order valence-electron chi connectivity index (χ1n) is 6.87. The second kappa shape index (κ2) is 7.01. The third-order valence-corrected chi connectivity index (χ3v) is 2.96. The van der Waals surface area contributed by atoms with Crippen LogP contribution in [0, 0.1) is 6.92 Å². The molecule has 0 unspecified atom stereocenters. The van der Waals surface area contributed by atoms with E-state index < -0.39 is 0 Å². The Morgan fingerprint density at radius 3 is 2.30 bits per heavy atom. The molecule has 2 rings (SSSR count). The van der Waals surface area contributed by atoms with Gasteiger partial charge in [-0.2, -0.15) is 0 Å². The fraction of sp³-hybridized carbons (Fsp3) is 0.375. The lowest BCUT2D eigenvalue weighted by atomic mass is 10.2. The number of nitrogens with two attached hydrogens (primary N) is 1. The maximum absolute atomic E-state index is 5.73. The molecule has 0 bridgehead atoms. The number of furan rings is 1. The maximum Gasteiger partial charge on any atom is 0.120 e. The molecular formula is C16H21NO3. The smallest absolute Gasteiger partial charge is 0.120 e. The van der Waals surface area contributed by atoms with Crippen molar-refractivity contribution in [3.8, 4) is 11.5 Å². The van der Waals surface area contributed by atoms with Gasteiger partial charge in [-0.1, -0.05) is 6.92 Å². The molecule has 2 aromatic rings. The van der Waals surface area contributed by atoms with Crippen molar-refractivity contribution in [1.29, 1.82) is 0 Å². The van der Waals surface area contributed by atoms with E-state index in [1.54, 1.807) is 0 Å². The second-order valence-corrected chi connectivity index (χ2v) is 4.61. The molecule has 0 aliphatic carbocycles. The molecule has 2 N–H and O–H groups in total. The van der Waals surface area contributed by atoms with Crippen LogP contribution in [-0.2, 0) is 13.2 Å². The van der Waals surface area contributed by atoms with Crippen molar-refractivity contribution in [1.82, 2.24) is 0 Å². The SMILES string of the molecule is CCCOc1ccc(OCc2cc(CN)oc2C)cc1. The summed E-state index contributed by atoms with van der Waals surface area (Å²) in [5.41, 5.74) is 6.57. The molecule has 0 aliphatic rings. The minimum atomic E-state index is 0.407. The molecule has 0 fully saturated rings. The van der Waals surface area contributed by atoms with Gasteiger partial charge >= 0.3 is 0 Å². The molecule has 0 aliphatic heterocycles. The van der Waals surface area contributed by atoms with E-state index in [2.05, 4.69) is 6.92 Å². The molecular weight excluding hydrogens is 254 g/mol. The summed E-state index contributed by atoms with van der Waals surface area (Å²) in [6.07, 6.45) is 1.00. The number of hydrogen-bond donors (Lipinski definition) is 1. The van der Waals surface area contributed by atoms with Crippen LogP contribution in [0.4, 0.5) is 0 Å². The molecule has 1 aromatic heterocycles. The average molecular weight is 275 g/mol. The van der Waals surface area contributed by atoms with Gasteiger partial charge in [0.15, 0.2) is 0 Å². The minimum Gasteiger partial charge on any atom is -0.494 e. The van der Waals surface area contributed by atoms with Crippen molar-refractivity contribution in [2.24, 2.45) is 5.73 Å². The van der Waals surface area contributed by atoms with Crippen LogP contribution in [0.5, 0.6) is 11.5 Å². The van der Waals surface area contributed by atoms with Crippen LogP contribution in [0.3, 0.4) is 0 Å². The van der Waals surface area contributed by atoms with Gasteiger partial charge in [0.1, 0.15) is 29.6 Å². The van der Waals surface area contributed by atoms with Crippen LogP contribution in [0.25, 0.3) is 0 Å². The largest absolute Gasteiger partial charge is 0.494 e. The lowest BCUT2D eigenvalue weighted by Gasteiger charge is -2.07. The third kappa shape index (κ3) is 3.78. The molecule has 0 amide bonds. The topological polar surface area (TPSA) is 57.6 Å². The van der Waals surface area contributed by atoms with Crippen molar-refractivity contribution in [2.45, 2.75) is 33.4 Å². The number of ether oxygens (including phenoxy) is 2. The fourth-order valence-corrected chi connectivity index (χ4v) is 1.84. The van der Waals surface area contributed by atoms with Crippen molar-refractivity contribution in [3.05, 3.63) is 47.4 Å². The number of rotatable bonds is 7. The van der Waals surface area contributed by atoms with Gasteiger partial charge < -0.3 is 19.6 Å². The first kappa shape index (κ1) is 14.5. The second-order valence-electron chi connectivity index (χ2n) is 4.61. The Kier molecular flexibility index (Phi) is 5.07. The highest BCUT2D eigenvalue weighted by Gasteiger charge is 2.07. The van der Waals surface area contributed by atoms with E-state index in [4.69, 9.17) is 19.6 Å². The summed E-state index contributed by atoms with van der Waals surface area (Å²) < 4.78 is 16.7. The molecule has 0 saturated heterocycles. The molecule has 0 saturated carbocycles. The van der Waals surface area contributed by atoms with Gasteiger partial charge in [0.05, 0.1) is 13.2 Å². The molecule has 1 aromatic carbocycles. The van der Waals surface area contributed by atoms with Gasteiger partial charge in [-0.3, -0.25) is 0 Å². The highest BCUT2D eigenvalue weighted by molar-refractivity contribution is 5.31. The molecule has 0 radical (unpaired) electrons. The minimum absolute atomic E-state index is 0.407. The van der Waals surface area contributed by atoms with E-state index in [9.17, 15) is 0 Å². The molecule has 0 atom stereocenters. The molecule has 4 nitrogen and oxygen atoms in total. The molecule has 0 spiro atoms. The Morgan fingerprint density at radius 1 is 1.10 bits per heavy atom.